The lowest BCUT2D eigenvalue weighted by atomic mass is 10.0. The zero-order valence-electron chi connectivity index (χ0n) is 18.8. The second-order valence-electron chi connectivity index (χ2n) is 8.81. The highest BCUT2D eigenvalue weighted by Gasteiger charge is 2.28. The molecule has 1 atom stereocenters. The zero-order chi connectivity index (χ0) is 22.3. The van der Waals surface area contributed by atoms with Gasteiger partial charge in [-0.05, 0) is 48.1 Å². The van der Waals surface area contributed by atoms with Crippen LogP contribution in [-0.2, 0) is 22.6 Å². The fourth-order valence-electron chi connectivity index (χ4n) is 4.65. The minimum Gasteiger partial charge on any atom is -0.352 e. The minimum atomic E-state index is -0.504. The highest BCUT2D eigenvalue weighted by Crippen LogP contribution is 2.21. The van der Waals surface area contributed by atoms with Crippen LogP contribution in [0.5, 0.6) is 0 Å². The lowest BCUT2D eigenvalue weighted by Crippen LogP contribution is -2.49. The summed E-state index contributed by atoms with van der Waals surface area (Å²) in [5.74, 6) is -0.0396. The molecule has 4 nitrogen and oxygen atoms in total. The molecule has 0 spiro atoms. The van der Waals surface area contributed by atoms with Crippen LogP contribution in [0.4, 0.5) is 0 Å². The third-order valence-electron chi connectivity index (χ3n) is 6.55. The Morgan fingerprint density at radius 2 is 1.62 bits per heavy atom. The molecule has 1 saturated carbocycles. The van der Waals surface area contributed by atoms with Crippen molar-refractivity contribution in [1.82, 2.24) is 10.2 Å². The van der Waals surface area contributed by atoms with Crippen molar-refractivity contribution in [1.29, 1.82) is 0 Å². The first-order chi connectivity index (χ1) is 15.6. The maximum atomic E-state index is 13.4. The summed E-state index contributed by atoms with van der Waals surface area (Å²) >= 11 is 0. The van der Waals surface area contributed by atoms with Crippen LogP contribution in [0.2, 0.25) is 0 Å². The molecule has 3 aromatic carbocycles. The first-order valence-corrected chi connectivity index (χ1v) is 11.7. The standard InChI is InChI=1S/C28H32N2O2/c1-21(28(32)29-25-15-6-7-16-25)30(20-22-10-3-2-4-11-22)27(31)19-18-24-14-9-13-23-12-5-8-17-26(23)24/h2-5,8-14,17,21,25H,6-7,15-16,18-20H2,1H3,(H,29,32)/t21-/m1/s1. The Balaban J connectivity index is 1.48. The van der Waals surface area contributed by atoms with E-state index >= 15 is 0 Å². The number of benzene rings is 3. The van der Waals surface area contributed by atoms with Crippen LogP contribution < -0.4 is 5.32 Å². The van der Waals surface area contributed by atoms with Crippen molar-refractivity contribution in [3.8, 4) is 0 Å². The molecule has 0 heterocycles. The molecule has 1 aliphatic rings. The van der Waals surface area contributed by atoms with Gasteiger partial charge in [0.25, 0.3) is 0 Å². The molecule has 1 fully saturated rings. The van der Waals surface area contributed by atoms with Gasteiger partial charge in [-0.15, -0.1) is 0 Å². The van der Waals surface area contributed by atoms with Gasteiger partial charge in [0.15, 0.2) is 0 Å². The molecule has 1 N–H and O–H groups in total. The minimum absolute atomic E-state index is 0.0101. The molecule has 0 bridgehead atoms. The second kappa shape index (κ2) is 10.4. The average molecular weight is 429 g/mol. The van der Waals surface area contributed by atoms with Crippen molar-refractivity contribution in [3.05, 3.63) is 83.9 Å². The summed E-state index contributed by atoms with van der Waals surface area (Å²) < 4.78 is 0. The number of rotatable bonds is 8. The summed E-state index contributed by atoms with van der Waals surface area (Å²) in [5, 5.41) is 5.53. The Bertz CT molecular complexity index is 1050. The Morgan fingerprint density at radius 3 is 2.41 bits per heavy atom. The SMILES string of the molecule is C[C@H](C(=O)NC1CCCC1)N(Cc1ccccc1)C(=O)CCc1cccc2ccccc12. The fraction of sp³-hybridized carbons (Fsp3) is 0.357. The van der Waals surface area contributed by atoms with Crippen LogP contribution in [-0.4, -0.2) is 28.8 Å². The van der Waals surface area contributed by atoms with Crippen LogP contribution in [0.25, 0.3) is 10.8 Å². The molecule has 1 aliphatic carbocycles. The maximum Gasteiger partial charge on any atom is 0.242 e. The normalized spacial score (nSPS) is 14.9. The van der Waals surface area contributed by atoms with Gasteiger partial charge >= 0.3 is 0 Å². The number of amides is 2. The highest BCUT2D eigenvalue weighted by molar-refractivity contribution is 5.89. The molecule has 0 aliphatic heterocycles. The molecule has 166 valence electrons. The Morgan fingerprint density at radius 1 is 0.938 bits per heavy atom. The van der Waals surface area contributed by atoms with Gasteiger partial charge in [0, 0.05) is 19.0 Å². The largest absolute Gasteiger partial charge is 0.352 e. The summed E-state index contributed by atoms with van der Waals surface area (Å²) in [7, 11) is 0. The highest BCUT2D eigenvalue weighted by atomic mass is 16.2. The van der Waals surface area contributed by atoms with Gasteiger partial charge in [-0.2, -0.15) is 0 Å². The van der Waals surface area contributed by atoms with Crippen LogP contribution in [0.1, 0.15) is 50.2 Å². The van der Waals surface area contributed by atoms with Crippen molar-refractivity contribution >= 4 is 22.6 Å². The van der Waals surface area contributed by atoms with Gasteiger partial charge < -0.3 is 10.2 Å². The maximum absolute atomic E-state index is 13.4. The number of hydrogen-bond donors (Lipinski definition) is 1. The molecule has 4 rings (SSSR count). The quantitative estimate of drug-likeness (QED) is 0.533. The van der Waals surface area contributed by atoms with Gasteiger partial charge in [0.1, 0.15) is 6.04 Å². The van der Waals surface area contributed by atoms with Crippen LogP contribution in [0.3, 0.4) is 0 Å². The fourth-order valence-corrected chi connectivity index (χ4v) is 4.65. The van der Waals surface area contributed by atoms with Gasteiger partial charge in [-0.1, -0.05) is 85.6 Å². The van der Waals surface area contributed by atoms with Crippen molar-refractivity contribution in [2.24, 2.45) is 0 Å². The molecule has 0 unspecified atom stereocenters. The molecular formula is C28H32N2O2. The van der Waals surface area contributed by atoms with Crippen molar-refractivity contribution in [2.75, 3.05) is 0 Å². The summed E-state index contributed by atoms with van der Waals surface area (Å²) in [5.41, 5.74) is 2.20. The van der Waals surface area contributed by atoms with Gasteiger partial charge in [0.05, 0.1) is 0 Å². The number of hydrogen-bond acceptors (Lipinski definition) is 2. The predicted octanol–water partition coefficient (Wildman–Crippen LogP) is 5.25. The molecule has 32 heavy (non-hydrogen) atoms. The smallest absolute Gasteiger partial charge is 0.242 e. The third kappa shape index (κ3) is 5.37. The van der Waals surface area contributed by atoms with E-state index in [1.807, 2.05) is 55.5 Å². The Hall–Kier alpha value is -3.14. The summed E-state index contributed by atoms with van der Waals surface area (Å²) in [4.78, 5) is 28.1. The first-order valence-electron chi connectivity index (χ1n) is 11.7. The third-order valence-corrected chi connectivity index (χ3v) is 6.55. The van der Waals surface area contributed by atoms with Crippen molar-refractivity contribution in [2.45, 2.75) is 64.1 Å². The zero-order valence-corrected chi connectivity index (χ0v) is 18.8. The van der Waals surface area contributed by atoms with E-state index in [0.29, 0.717) is 19.4 Å². The Kier molecular flexibility index (Phi) is 7.21. The number of fused-ring (bicyclic) bond motifs is 1. The van der Waals surface area contributed by atoms with E-state index in [4.69, 9.17) is 0 Å². The Labute approximate surface area is 190 Å². The number of aryl methyl sites for hydroxylation is 1. The molecule has 0 saturated heterocycles. The predicted molar refractivity (Wildman–Crippen MR) is 129 cm³/mol. The van der Waals surface area contributed by atoms with E-state index < -0.39 is 6.04 Å². The monoisotopic (exact) mass is 428 g/mol. The van der Waals surface area contributed by atoms with E-state index in [0.717, 1.165) is 31.2 Å². The molecule has 0 radical (unpaired) electrons. The van der Waals surface area contributed by atoms with Crippen molar-refractivity contribution in [3.63, 3.8) is 0 Å². The molecule has 2 amide bonds. The molecule has 0 aromatic heterocycles. The van der Waals surface area contributed by atoms with E-state index in [9.17, 15) is 9.59 Å². The topological polar surface area (TPSA) is 49.4 Å². The average Bonchev–Trinajstić information content (AvgIpc) is 3.34. The summed E-state index contributed by atoms with van der Waals surface area (Å²) in [6.45, 7) is 2.29. The van der Waals surface area contributed by atoms with Gasteiger partial charge in [0.2, 0.25) is 11.8 Å². The second-order valence-corrected chi connectivity index (χ2v) is 8.81. The number of nitrogens with one attached hydrogen (secondary N) is 1. The molecule has 4 heteroatoms. The van der Waals surface area contributed by atoms with E-state index in [-0.39, 0.29) is 17.9 Å². The summed E-state index contributed by atoms with van der Waals surface area (Å²) in [6.07, 6.45) is 5.43. The molecule has 3 aromatic rings. The van der Waals surface area contributed by atoms with Gasteiger partial charge in [-0.25, -0.2) is 0 Å². The van der Waals surface area contributed by atoms with Crippen LogP contribution in [0.15, 0.2) is 72.8 Å². The van der Waals surface area contributed by atoms with Crippen LogP contribution in [0, 0.1) is 0 Å². The number of carbonyl (C=O) groups excluding carboxylic acids is 2. The number of carbonyl (C=O) groups is 2. The first kappa shape index (κ1) is 22.1. The number of nitrogens with zero attached hydrogens (tertiary/aromatic N) is 1. The van der Waals surface area contributed by atoms with Crippen LogP contribution >= 0.6 is 0 Å². The van der Waals surface area contributed by atoms with Gasteiger partial charge in [-0.3, -0.25) is 9.59 Å². The van der Waals surface area contributed by atoms with E-state index in [1.165, 1.54) is 16.3 Å². The lowest BCUT2D eigenvalue weighted by molar-refractivity contribution is -0.140. The van der Waals surface area contributed by atoms with E-state index in [2.05, 4.69) is 29.6 Å². The van der Waals surface area contributed by atoms with Crippen molar-refractivity contribution < 1.29 is 9.59 Å². The molecular weight excluding hydrogens is 396 g/mol. The van der Waals surface area contributed by atoms with E-state index in [1.54, 1.807) is 4.90 Å². The summed E-state index contributed by atoms with van der Waals surface area (Å²) in [6, 6.07) is 24.2. The lowest BCUT2D eigenvalue weighted by Gasteiger charge is -2.30.